The molecule has 0 radical (unpaired) electrons. The van der Waals surface area contributed by atoms with Gasteiger partial charge < -0.3 is 15.0 Å². The number of anilines is 1. The predicted octanol–water partition coefficient (Wildman–Crippen LogP) is 3.69. The van der Waals surface area contributed by atoms with E-state index in [1.807, 2.05) is 0 Å². The third kappa shape index (κ3) is 5.59. The van der Waals surface area contributed by atoms with E-state index in [9.17, 15) is 22.8 Å². The number of rotatable bonds is 3. The lowest BCUT2D eigenvalue weighted by Gasteiger charge is -2.30. The maximum atomic E-state index is 12.2. The maximum Gasteiger partial charge on any atom is 0.422 e. The third-order valence-corrected chi connectivity index (χ3v) is 3.85. The summed E-state index contributed by atoms with van der Waals surface area (Å²) >= 11 is 5.76. The van der Waals surface area contributed by atoms with E-state index in [0.29, 0.717) is 23.6 Å². The van der Waals surface area contributed by atoms with Gasteiger partial charge in [-0.3, -0.25) is 4.79 Å². The molecule has 1 aliphatic heterocycles. The SMILES string of the molecule is O=C(Nc1ccc(Cl)cc1)C1CCN(C(=O)OCC(F)(F)F)CC1. The number of carbonyl (C=O) groups excluding carboxylic acids is 2. The molecule has 24 heavy (non-hydrogen) atoms. The van der Waals surface area contributed by atoms with Crippen molar-refractivity contribution in [1.29, 1.82) is 0 Å². The standard InChI is InChI=1S/C15H16ClF3N2O3/c16-11-1-3-12(4-2-11)20-13(22)10-5-7-21(8-6-10)14(23)24-9-15(17,18)19/h1-4,10H,5-9H2,(H,20,22). The second kappa shape index (κ2) is 7.74. The number of piperidine rings is 1. The van der Waals surface area contributed by atoms with Crippen LogP contribution >= 0.6 is 11.6 Å². The van der Waals surface area contributed by atoms with Gasteiger partial charge in [-0.15, -0.1) is 0 Å². The summed E-state index contributed by atoms with van der Waals surface area (Å²) in [6, 6.07) is 6.64. The molecule has 1 heterocycles. The number of hydrogen-bond donors (Lipinski definition) is 1. The molecule has 1 aromatic rings. The lowest BCUT2D eigenvalue weighted by atomic mass is 9.96. The van der Waals surface area contributed by atoms with Gasteiger partial charge in [-0.2, -0.15) is 13.2 Å². The zero-order valence-corrected chi connectivity index (χ0v) is 13.4. The fourth-order valence-electron chi connectivity index (χ4n) is 2.34. The number of halogens is 4. The van der Waals surface area contributed by atoms with E-state index in [-0.39, 0.29) is 24.9 Å². The first-order valence-electron chi connectivity index (χ1n) is 7.29. The molecule has 0 atom stereocenters. The minimum Gasteiger partial charge on any atom is -0.440 e. The highest BCUT2D eigenvalue weighted by molar-refractivity contribution is 6.30. The Labute approximate surface area is 141 Å². The second-order valence-electron chi connectivity index (χ2n) is 5.43. The molecule has 2 rings (SSSR count). The number of hydrogen-bond acceptors (Lipinski definition) is 3. The molecule has 132 valence electrons. The first-order valence-corrected chi connectivity index (χ1v) is 7.67. The number of nitrogens with one attached hydrogen (secondary N) is 1. The average Bonchev–Trinajstić information content (AvgIpc) is 2.54. The van der Waals surface area contributed by atoms with Gasteiger partial charge in [0.05, 0.1) is 0 Å². The molecule has 0 bridgehead atoms. The monoisotopic (exact) mass is 364 g/mol. The molecule has 2 amide bonds. The van der Waals surface area contributed by atoms with Gasteiger partial charge >= 0.3 is 12.3 Å². The summed E-state index contributed by atoms with van der Waals surface area (Å²) in [5, 5.41) is 3.30. The second-order valence-corrected chi connectivity index (χ2v) is 5.86. The van der Waals surface area contributed by atoms with Crippen LogP contribution in [0.2, 0.25) is 5.02 Å². The molecule has 0 spiro atoms. The highest BCUT2D eigenvalue weighted by Crippen LogP contribution is 2.22. The largest absolute Gasteiger partial charge is 0.440 e. The highest BCUT2D eigenvalue weighted by Gasteiger charge is 2.32. The van der Waals surface area contributed by atoms with E-state index >= 15 is 0 Å². The number of likely N-dealkylation sites (tertiary alicyclic amines) is 1. The van der Waals surface area contributed by atoms with Crippen molar-refractivity contribution >= 4 is 29.3 Å². The Morgan fingerprint density at radius 1 is 1.21 bits per heavy atom. The van der Waals surface area contributed by atoms with E-state index in [1.165, 1.54) is 4.90 Å². The van der Waals surface area contributed by atoms with Crippen LogP contribution in [0.4, 0.5) is 23.7 Å². The van der Waals surface area contributed by atoms with Crippen molar-refractivity contribution in [2.45, 2.75) is 19.0 Å². The van der Waals surface area contributed by atoms with Crippen LogP contribution in [0.5, 0.6) is 0 Å². The van der Waals surface area contributed by atoms with Crippen molar-refractivity contribution in [3.05, 3.63) is 29.3 Å². The molecule has 1 fully saturated rings. The van der Waals surface area contributed by atoms with Crippen LogP contribution in [-0.2, 0) is 9.53 Å². The molecular weight excluding hydrogens is 349 g/mol. The van der Waals surface area contributed by atoms with Gasteiger partial charge in [0.15, 0.2) is 6.61 Å². The van der Waals surface area contributed by atoms with E-state index in [0.717, 1.165) is 0 Å². The Bertz CT molecular complexity index is 585. The van der Waals surface area contributed by atoms with E-state index in [4.69, 9.17) is 11.6 Å². The van der Waals surface area contributed by atoms with Crippen LogP contribution in [0.1, 0.15) is 12.8 Å². The number of ether oxygens (including phenoxy) is 1. The van der Waals surface area contributed by atoms with Gasteiger partial charge in [-0.1, -0.05) is 11.6 Å². The summed E-state index contributed by atoms with van der Waals surface area (Å²) in [5.41, 5.74) is 0.608. The lowest BCUT2D eigenvalue weighted by Crippen LogP contribution is -2.42. The summed E-state index contributed by atoms with van der Waals surface area (Å²) in [5.74, 6) is -0.507. The molecule has 0 aromatic heterocycles. The molecule has 9 heteroatoms. The summed E-state index contributed by atoms with van der Waals surface area (Å²) in [6.07, 6.45) is -4.84. The van der Waals surface area contributed by atoms with Crippen molar-refractivity contribution < 1.29 is 27.5 Å². The van der Waals surface area contributed by atoms with Crippen LogP contribution in [0.15, 0.2) is 24.3 Å². The van der Waals surface area contributed by atoms with Gasteiger partial charge in [-0.25, -0.2) is 4.79 Å². The minimum atomic E-state index is -4.55. The van der Waals surface area contributed by atoms with Gasteiger partial charge in [0.25, 0.3) is 0 Å². The summed E-state index contributed by atoms with van der Waals surface area (Å²) in [6.45, 7) is -1.26. The zero-order valence-electron chi connectivity index (χ0n) is 12.6. The Balaban J connectivity index is 1.78. The van der Waals surface area contributed by atoms with Crippen molar-refractivity contribution in [2.75, 3.05) is 25.0 Å². The van der Waals surface area contributed by atoms with Crippen LogP contribution in [0.25, 0.3) is 0 Å². The van der Waals surface area contributed by atoms with Gasteiger partial charge in [0, 0.05) is 29.7 Å². The summed E-state index contributed by atoms with van der Waals surface area (Å²) in [7, 11) is 0. The number of nitrogens with zero attached hydrogens (tertiary/aromatic N) is 1. The molecule has 0 aliphatic carbocycles. The molecule has 1 N–H and O–H groups in total. The molecule has 5 nitrogen and oxygen atoms in total. The average molecular weight is 365 g/mol. The van der Waals surface area contributed by atoms with Crippen LogP contribution in [0, 0.1) is 5.92 Å². The van der Waals surface area contributed by atoms with Crippen molar-refractivity contribution in [3.63, 3.8) is 0 Å². The molecule has 1 saturated heterocycles. The normalized spacial score (nSPS) is 15.9. The Morgan fingerprint density at radius 2 is 1.79 bits per heavy atom. The van der Waals surface area contributed by atoms with E-state index in [1.54, 1.807) is 24.3 Å². The van der Waals surface area contributed by atoms with Crippen LogP contribution < -0.4 is 5.32 Å². The smallest absolute Gasteiger partial charge is 0.422 e. The molecule has 0 unspecified atom stereocenters. The van der Waals surface area contributed by atoms with Crippen LogP contribution in [-0.4, -0.2) is 42.8 Å². The Kier molecular flexibility index (Phi) is 5.93. The first-order chi connectivity index (χ1) is 11.2. The van der Waals surface area contributed by atoms with Gasteiger partial charge in [-0.05, 0) is 37.1 Å². The van der Waals surface area contributed by atoms with E-state index in [2.05, 4.69) is 10.1 Å². The number of alkyl halides is 3. The van der Waals surface area contributed by atoms with E-state index < -0.39 is 18.9 Å². The van der Waals surface area contributed by atoms with Crippen molar-refractivity contribution in [2.24, 2.45) is 5.92 Å². The molecule has 1 aliphatic rings. The first kappa shape index (κ1) is 18.4. The van der Waals surface area contributed by atoms with Crippen molar-refractivity contribution in [3.8, 4) is 0 Å². The maximum absolute atomic E-state index is 12.2. The van der Waals surface area contributed by atoms with Gasteiger partial charge in [0.1, 0.15) is 0 Å². The van der Waals surface area contributed by atoms with Gasteiger partial charge in [0.2, 0.25) is 5.91 Å². The van der Waals surface area contributed by atoms with Crippen LogP contribution in [0.3, 0.4) is 0 Å². The number of carbonyl (C=O) groups is 2. The summed E-state index contributed by atoms with van der Waals surface area (Å²) < 4.78 is 40.3. The minimum absolute atomic E-state index is 0.176. The fraction of sp³-hybridized carbons (Fsp3) is 0.467. The molecule has 1 aromatic carbocycles. The number of amides is 2. The molecular formula is C15H16ClF3N2O3. The third-order valence-electron chi connectivity index (χ3n) is 3.60. The topological polar surface area (TPSA) is 58.6 Å². The Hall–Kier alpha value is -1.96. The zero-order chi connectivity index (χ0) is 17.7. The lowest BCUT2D eigenvalue weighted by molar-refractivity contribution is -0.162. The predicted molar refractivity (Wildman–Crippen MR) is 81.8 cm³/mol. The Morgan fingerprint density at radius 3 is 2.33 bits per heavy atom. The number of benzene rings is 1. The van der Waals surface area contributed by atoms with Crippen molar-refractivity contribution in [1.82, 2.24) is 4.90 Å². The highest BCUT2D eigenvalue weighted by atomic mass is 35.5. The molecule has 0 saturated carbocycles. The summed E-state index contributed by atoms with van der Waals surface area (Å²) in [4.78, 5) is 24.9. The quantitative estimate of drug-likeness (QED) is 0.890. The fourth-order valence-corrected chi connectivity index (χ4v) is 2.46.